The summed E-state index contributed by atoms with van der Waals surface area (Å²) in [5, 5.41) is 4.02. The molecular weight excluding hydrogens is 412 g/mol. The zero-order valence-corrected chi connectivity index (χ0v) is 19.6. The van der Waals surface area contributed by atoms with Gasteiger partial charge in [0, 0.05) is 12.1 Å². The molecule has 0 aromatic carbocycles. The van der Waals surface area contributed by atoms with Crippen LogP contribution in [0, 0.1) is 0 Å². The zero-order valence-electron chi connectivity index (χ0n) is 18.0. The lowest BCUT2D eigenvalue weighted by Gasteiger charge is -2.30. The summed E-state index contributed by atoms with van der Waals surface area (Å²) in [5.41, 5.74) is 2.79. The van der Waals surface area contributed by atoms with Gasteiger partial charge in [0.2, 0.25) is 0 Å². The van der Waals surface area contributed by atoms with Crippen LogP contribution < -0.4 is 0 Å². The summed E-state index contributed by atoms with van der Waals surface area (Å²) in [7, 11) is 0. The minimum absolute atomic E-state index is 0.0303. The number of fused-ring (bicyclic) bond motifs is 1. The molecule has 2 aliphatic rings. The Morgan fingerprint density at radius 2 is 1.17 bits per heavy atom. The van der Waals surface area contributed by atoms with E-state index in [-0.39, 0.29) is 23.9 Å². The fourth-order valence-corrected chi connectivity index (χ4v) is 6.13. The third-order valence-electron chi connectivity index (χ3n) is 5.87. The highest BCUT2D eigenvalue weighted by atomic mass is 32.1. The van der Waals surface area contributed by atoms with Gasteiger partial charge in [0.15, 0.2) is 0 Å². The van der Waals surface area contributed by atoms with E-state index in [1.54, 1.807) is 22.7 Å². The zero-order chi connectivity index (χ0) is 21.4. The summed E-state index contributed by atoms with van der Waals surface area (Å²) < 4.78 is 0. The van der Waals surface area contributed by atoms with E-state index in [9.17, 15) is 9.59 Å². The summed E-state index contributed by atoms with van der Waals surface area (Å²) in [4.78, 5) is 33.4. The Labute approximate surface area is 186 Å². The number of hydrogen-bond donors (Lipinski definition) is 0. The first-order valence-electron chi connectivity index (χ1n) is 10.7. The normalized spacial score (nSPS) is 18.7. The van der Waals surface area contributed by atoms with E-state index in [4.69, 9.17) is 0 Å². The number of rotatable bonds is 8. The number of carbonyl (C=O) groups excluding carboxylic acids is 2. The Morgan fingerprint density at radius 1 is 0.767 bits per heavy atom. The van der Waals surface area contributed by atoms with Crippen LogP contribution in [0.2, 0.25) is 0 Å². The molecule has 2 aromatic heterocycles. The Kier molecular flexibility index (Phi) is 5.98. The maximum atomic E-state index is 13.8. The SMILES string of the molecule is CCCC(C)N1C(=O)C2=C(c3cccs3)N(C(C)CCC)C(=O)C2=C1c1cccs1. The van der Waals surface area contributed by atoms with Crippen LogP contribution in [0.25, 0.3) is 11.4 Å². The van der Waals surface area contributed by atoms with Gasteiger partial charge in [-0.3, -0.25) is 9.59 Å². The lowest BCUT2D eigenvalue weighted by atomic mass is 10.1. The molecule has 6 heteroatoms. The summed E-state index contributed by atoms with van der Waals surface area (Å²) >= 11 is 3.18. The molecule has 2 atom stereocenters. The van der Waals surface area contributed by atoms with Crippen molar-refractivity contribution in [2.24, 2.45) is 0 Å². The molecule has 4 rings (SSSR count). The van der Waals surface area contributed by atoms with Crippen molar-refractivity contribution in [3.05, 3.63) is 55.9 Å². The molecule has 0 radical (unpaired) electrons. The van der Waals surface area contributed by atoms with Gasteiger partial charge in [-0.1, -0.05) is 38.8 Å². The van der Waals surface area contributed by atoms with Crippen LogP contribution in [0.3, 0.4) is 0 Å². The minimum Gasteiger partial charge on any atom is -0.303 e. The Morgan fingerprint density at radius 3 is 1.47 bits per heavy atom. The quantitative estimate of drug-likeness (QED) is 0.505. The maximum absolute atomic E-state index is 13.8. The van der Waals surface area contributed by atoms with Gasteiger partial charge in [0.1, 0.15) is 0 Å². The average molecular weight is 441 g/mol. The molecule has 30 heavy (non-hydrogen) atoms. The monoisotopic (exact) mass is 440 g/mol. The van der Waals surface area contributed by atoms with Gasteiger partial charge in [0.25, 0.3) is 11.8 Å². The molecule has 0 saturated carbocycles. The van der Waals surface area contributed by atoms with Crippen molar-refractivity contribution in [1.29, 1.82) is 0 Å². The number of hydrogen-bond acceptors (Lipinski definition) is 4. The number of carbonyl (C=O) groups is 2. The second-order valence-electron chi connectivity index (χ2n) is 8.03. The van der Waals surface area contributed by atoms with Crippen LogP contribution in [-0.2, 0) is 9.59 Å². The van der Waals surface area contributed by atoms with Crippen LogP contribution in [0.1, 0.15) is 63.1 Å². The molecule has 4 nitrogen and oxygen atoms in total. The molecule has 0 saturated heterocycles. The van der Waals surface area contributed by atoms with E-state index < -0.39 is 0 Å². The minimum atomic E-state index is -0.0303. The molecule has 158 valence electrons. The molecule has 0 bridgehead atoms. The van der Waals surface area contributed by atoms with Crippen LogP contribution in [0.4, 0.5) is 0 Å². The second-order valence-corrected chi connectivity index (χ2v) is 9.92. The van der Waals surface area contributed by atoms with E-state index in [2.05, 4.69) is 27.7 Å². The van der Waals surface area contributed by atoms with E-state index in [0.29, 0.717) is 11.1 Å². The first kappa shape index (κ1) is 21.1. The van der Waals surface area contributed by atoms with Gasteiger partial charge in [-0.25, -0.2) is 0 Å². The van der Waals surface area contributed by atoms with Crippen molar-refractivity contribution in [1.82, 2.24) is 9.80 Å². The van der Waals surface area contributed by atoms with Crippen LogP contribution in [0.15, 0.2) is 46.2 Å². The van der Waals surface area contributed by atoms with Crippen molar-refractivity contribution in [2.45, 2.75) is 65.5 Å². The first-order chi connectivity index (χ1) is 14.5. The molecule has 0 aliphatic carbocycles. The number of amides is 2. The fraction of sp³-hybridized carbons (Fsp3) is 0.417. The number of nitrogens with zero attached hydrogens (tertiary/aromatic N) is 2. The van der Waals surface area contributed by atoms with Crippen molar-refractivity contribution in [3.8, 4) is 0 Å². The average Bonchev–Trinajstić information content (AvgIpc) is 3.48. The third kappa shape index (κ3) is 3.26. The van der Waals surface area contributed by atoms with E-state index in [1.807, 2.05) is 44.8 Å². The van der Waals surface area contributed by atoms with Crippen molar-refractivity contribution in [3.63, 3.8) is 0 Å². The summed E-state index contributed by atoms with van der Waals surface area (Å²) in [6.07, 6.45) is 3.78. The Bertz CT molecular complexity index is 920. The third-order valence-corrected chi connectivity index (χ3v) is 7.63. The molecule has 2 unspecified atom stereocenters. The molecule has 0 spiro atoms. The van der Waals surface area contributed by atoms with Crippen molar-refractivity contribution < 1.29 is 9.59 Å². The molecule has 0 fully saturated rings. The highest BCUT2D eigenvalue weighted by molar-refractivity contribution is 7.11. The van der Waals surface area contributed by atoms with Crippen LogP contribution in [0.5, 0.6) is 0 Å². The predicted molar refractivity (Wildman–Crippen MR) is 125 cm³/mol. The summed E-state index contributed by atoms with van der Waals surface area (Å²) in [5.74, 6) is -0.0606. The molecule has 2 aliphatic heterocycles. The highest BCUT2D eigenvalue weighted by Gasteiger charge is 2.51. The fourth-order valence-electron chi connectivity index (χ4n) is 4.58. The summed E-state index contributed by atoms with van der Waals surface area (Å²) in [6, 6.07) is 8.10. The van der Waals surface area contributed by atoms with E-state index in [0.717, 1.165) is 46.8 Å². The Hall–Kier alpha value is -2.18. The van der Waals surface area contributed by atoms with Gasteiger partial charge < -0.3 is 9.80 Å². The molecular formula is C24H28N2O2S2. The topological polar surface area (TPSA) is 40.6 Å². The molecule has 2 amide bonds. The first-order valence-corrected chi connectivity index (χ1v) is 12.5. The van der Waals surface area contributed by atoms with Crippen molar-refractivity contribution in [2.75, 3.05) is 0 Å². The van der Waals surface area contributed by atoms with Gasteiger partial charge in [-0.05, 0) is 49.6 Å². The Balaban J connectivity index is 1.97. The standard InChI is InChI=1S/C24H28N2O2S2/c1-5-9-15(3)25-21(17-11-7-13-29-17)19-20(23(25)27)22(18-12-8-14-30-18)26(24(19)28)16(4)10-6-2/h7-8,11-16H,5-6,9-10H2,1-4H3. The van der Waals surface area contributed by atoms with E-state index in [1.165, 1.54) is 0 Å². The van der Waals surface area contributed by atoms with Crippen LogP contribution >= 0.6 is 22.7 Å². The van der Waals surface area contributed by atoms with Gasteiger partial charge in [-0.15, -0.1) is 22.7 Å². The predicted octanol–water partition coefficient (Wildman–Crippen LogP) is 5.99. The largest absolute Gasteiger partial charge is 0.303 e. The van der Waals surface area contributed by atoms with Gasteiger partial charge in [0.05, 0.1) is 32.3 Å². The van der Waals surface area contributed by atoms with Gasteiger partial charge >= 0.3 is 0 Å². The maximum Gasteiger partial charge on any atom is 0.261 e. The highest BCUT2D eigenvalue weighted by Crippen LogP contribution is 2.49. The van der Waals surface area contributed by atoms with Crippen molar-refractivity contribution >= 4 is 45.9 Å². The summed E-state index contributed by atoms with van der Waals surface area (Å²) in [6.45, 7) is 8.44. The van der Waals surface area contributed by atoms with Gasteiger partial charge in [-0.2, -0.15) is 0 Å². The molecule has 0 N–H and O–H groups in total. The molecule has 4 heterocycles. The smallest absolute Gasteiger partial charge is 0.261 e. The van der Waals surface area contributed by atoms with E-state index >= 15 is 0 Å². The van der Waals surface area contributed by atoms with Crippen LogP contribution in [-0.4, -0.2) is 33.7 Å². The number of thiophene rings is 2. The lowest BCUT2D eigenvalue weighted by Crippen LogP contribution is -2.37. The second kappa shape index (κ2) is 8.52. The lowest BCUT2D eigenvalue weighted by molar-refractivity contribution is -0.125. The molecule has 2 aromatic rings.